The van der Waals surface area contributed by atoms with Crippen LogP contribution in [-0.2, 0) is 10.0 Å². The van der Waals surface area contributed by atoms with Gasteiger partial charge in [0.15, 0.2) is 6.19 Å². The van der Waals surface area contributed by atoms with Gasteiger partial charge >= 0.3 is 0 Å². The number of halogens is 2. The van der Waals surface area contributed by atoms with Gasteiger partial charge in [-0.25, -0.2) is 12.7 Å². The molecule has 5 nitrogen and oxygen atoms in total. The van der Waals surface area contributed by atoms with Gasteiger partial charge < -0.3 is 4.90 Å². The minimum absolute atomic E-state index is 0.0633. The highest BCUT2D eigenvalue weighted by molar-refractivity contribution is 9.11. The molecule has 0 aromatic heterocycles. The van der Waals surface area contributed by atoms with E-state index in [1.165, 1.54) is 0 Å². The minimum atomic E-state index is -3.88. The van der Waals surface area contributed by atoms with Gasteiger partial charge in [0.25, 0.3) is 10.0 Å². The molecule has 0 saturated carbocycles. The van der Waals surface area contributed by atoms with Crippen LogP contribution < -0.4 is 4.90 Å². The monoisotopic (exact) mass is 463 g/mol. The predicted molar refractivity (Wildman–Crippen MR) is 97.6 cm³/mol. The molecule has 1 heterocycles. The van der Waals surface area contributed by atoms with E-state index in [1.54, 1.807) is 12.3 Å². The highest BCUT2D eigenvalue weighted by atomic mass is 79.9. The fraction of sp³-hybridized carbons (Fsp3) is 0.533. The third-order valence-corrected chi connectivity index (χ3v) is 6.88. The summed E-state index contributed by atoms with van der Waals surface area (Å²) in [6.45, 7) is 5.73. The number of benzene rings is 1. The summed E-state index contributed by atoms with van der Waals surface area (Å²) in [5, 5.41) is 9.27. The fourth-order valence-electron chi connectivity index (χ4n) is 2.57. The second-order valence-corrected chi connectivity index (χ2v) is 9.50. The smallest absolute Gasteiger partial charge is 0.273 e. The lowest BCUT2D eigenvalue weighted by molar-refractivity contribution is 0.453. The Hall–Kier alpha value is -0.780. The van der Waals surface area contributed by atoms with Gasteiger partial charge in [-0.3, -0.25) is 0 Å². The van der Waals surface area contributed by atoms with Gasteiger partial charge in [0.05, 0.1) is 10.2 Å². The highest BCUT2D eigenvalue weighted by Crippen LogP contribution is 2.38. The maximum atomic E-state index is 12.9. The number of nitriles is 1. The average molecular weight is 465 g/mol. The summed E-state index contributed by atoms with van der Waals surface area (Å²) in [6, 6.07) is 3.46. The molecule has 8 heteroatoms. The van der Waals surface area contributed by atoms with Crippen LogP contribution in [0.5, 0.6) is 0 Å². The largest absolute Gasteiger partial charge is 0.371 e. The van der Waals surface area contributed by atoms with Crippen molar-refractivity contribution in [3.05, 3.63) is 21.1 Å². The van der Waals surface area contributed by atoms with Gasteiger partial charge in [0, 0.05) is 24.1 Å². The van der Waals surface area contributed by atoms with Crippen molar-refractivity contribution in [3.8, 4) is 6.19 Å². The predicted octanol–water partition coefficient (Wildman–Crippen LogP) is 3.94. The first-order valence-corrected chi connectivity index (χ1v) is 10.5. The van der Waals surface area contributed by atoms with Crippen LogP contribution in [0.15, 0.2) is 26.0 Å². The molecule has 1 aliphatic heterocycles. The van der Waals surface area contributed by atoms with Gasteiger partial charge in [-0.05, 0) is 46.8 Å². The second-order valence-electron chi connectivity index (χ2n) is 5.96. The van der Waals surface area contributed by atoms with E-state index in [0.717, 1.165) is 35.9 Å². The summed E-state index contributed by atoms with van der Waals surface area (Å²) in [5.41, 5.74) is 0.845. The van der Waals surface area contributed by atoms with Crippen LogP contribution in [0.1, 0.15) is 26.7 Å². The quantitative estimate of drug-likeness (QED) is 0.489. The molecule has 1 saturated heterocycles. The SMILES string of the molecule is CC(C)CN(C#N)S(=O)(=O)c1cc(Br)cc(N2CCCC2)c1Br. The Kier molecular flexibility index (Phi) is 5.98. The summed E-state index contributed by atoms with van der Waals surface area (Å²) in [7, 11) is -3.88. The first kappa shape index (κ1) is 18.6. The van der Waals surface area contributed by atoms with E-state index in [1.807, 2.05) is 19.9 Å². The normalized spacial score (nSPS) is 15.0. The van der Waals surface area contributed by atoms with Gasteiger partial charge in [0.1, 0.15) is 4.90 Å². The highest BCUT2D eigenvalue weighted by Gasteiger charge is 2.29. The van der Waals surface area contributed by atoms with Crippen molar-refractivity contribution in [2.45, 2.75) is 31.6 Å². The van der Waals surface area contributed by atoms with Crippen molar-refractivity contribution in [1.82, 2.24) is 4.31 Å². The molecular weight excluding hydrogens is 446 g/mol. The third kappa shape index (κ3) is 4.01. The van der Waals surface area contributed by atoms with Crippen LogP contribution >= 0.6 is 31.9 Å². The third-order valence-electron chi connectivity index (χ3n) is 3.64. The van der Waals surface area contributed by atoms with Crippen molar-refractivity contribution < 1.29 is 8.42 Å². The van der Waals surface area contributed by atoms with Crippen molar-refractivity contribution in [1.29, 1.82) is 5.26 Å². The van der Waals surface area contributed by atoms with E-state index in [0.29, 0.717) is 8.95 Å². The molecule has 0 amide bonds. The van der Waals surface area contributed by atoms with E-state index < -0.39 is 10.0 Å². The topological polar surface area (TPSA) is 64.4 Å². The molecule has 0 radical (unpaired) electrons. The van der Waals surface area contributed by atoms with Crippen LogP contribution in [0.4, 0.5) is 5.69 Å². The molecule has 23 heavy (non-hydrogen) atoms. The molecule has 0 aliphatic carbocycles. The average Bonchev–Trinajstić information content (AvgIpc) is 3.00. The van der Waals surface area contributed by atoms with E-state index in [9.17, 15) is 13.7 Å². The summed E-state index contributed by atoms with van der Waals surface area (Å²) in [5.74, 6) is 0.0633. The molecule has 0 atom stereocenters. The lowest BCUT2D eigenvalue weighted by atomic mass is 10.2. The van der Waals surface area contributed by atoms with E-state index >= 15 is 0 Å². The molecule has 0 spiro atoms. The Morgan fingerprint density at radius 1 is 1.30 bits per heavy atom. The molecule has 0 unspecified atom stereocenters. The molecule has 1 aliphatic rings. The van der Waals surface area contributed by atoms with Gasteiger partial charge in [0.2, 0.25) is 0 Å². The molecule has 0 bridgehead atoms. The van der Waals surface area contributed by atoms with Crippen LogP contribution in [0.25, 0.3) is 0 Å². The maximum Gasteiger partial charge on any atom is 0.273 e. The van der Waals surface area contributed by atoms with E-state index in [2.05, 4.69) is 36.8 Å². The molecule has 1 aromatic carbocycles. The zero-order valence-electron chi connectivity index (χ0n) is 13.1. The first-order chi connectivity index (χ1) is 10.8. The van der Waals surface area contributed by atoms with Gasteiger partial charge in [-0.1, -0.05) is 29.8 Å². The number of hydrogen-bond donors (Lipinski definition) is 0. The summed E-state index contributed by atoms with van der Waals surface area (Å²) >= 11 is 6.84. The van der Waals surface area contributed by atoms with E-state index in [4.69, 9.17) is 0 Å². The van der Waals surface area contributed by atoms with Crippen LogP contribution in [0, 0.1) is 17.4 Å². The fourth-order valence-corrected chi connectivity index (χ4v) is 5.71. The van der Waals surface area contributed by atoms with Crippen molar-refractivity contribution >= 4 is 47.6 Å². The van der Waals surface area contributed by atoms with Crippen LogP contribution in [-0.4, -0.2) is 32.4 Å². The molecule has 1 fully saturated rings. The molecule has 0 N–H and O–H groups in total. The molecule has 1 aromatic rings. The Morgan fingerprint density at radius 3 is 2.43 bits per heavy atom. The molecule has 2 rings (SSSR count). The number of sulfonamides is 1. The number of hydrogen-bond acceptors (Lipinski definition) is 4. The number of nitrogens with zero attached hydrogens (tertiary/aromatic N) is 3. The first-order valence-electron chi connectivity index (χ1n) is 7.44. The zero-order chi connectivity index (χ0) is 17.2. The van der Waals surface area contributed by atoms with E-state index in [-0.39, 0.29) is 17.4 Å². The lowest BCUT2D eigenvalue weighted by Gasteiger charge is -2.23. The minimum Gasteiger partial charge on any atom is -0.371 e. The summed E-state index contributed by atoms with van der Waals surface area (Å²) in [4.78, 5) is 2.28. The standard InChI is InChI=1S/C15H19Br2N3O2S/c1-11(2)9-20(10-18)23(21,22)14-8-12(16)7-13(15(14)17)19-5-3-4-6-19/h7-8,11H,3-6,9H2,1-2H3. The van der Waals surface area contributed by atoms with Crippen LogP contribution in [0.2, 0.25) is 0 Å². The molecular formula is C15H19Br2N3O2S. The van der Waals surface area contributed by atoms with Crippen molar-refractivity contribution in [2.75, 3.05) is 24.5 Å². The Bertz CT molecular complexity index is 723. The Morgan fingerprint density at radius 2 is 1.91 bits per heavy atom. The Labute approximate surface area is 154 Å². The zero-order valence-corrected chi connectivity index (χ0v) is 17.1. The lowest BCUT2D eigenvalue weighted by Crippen LogP contribution is -2.30. The number of anilines is 1. The summed E-state index contributed by atoms with van der Waals surface area (Å²) in [6.07, 6.45) is 4.00. The Balaban J connectivity index is 2.52. The van der Waals surface area contributed by atoms with Crippen molar-refractivity contribution in [3.63, 3.8) is 0 Å². The summed E-state index contributed by atoms with van der Waals surface area (Å²) < 4.78 is 27.8. The van der Waals surface area contributed by atoms with Crippen molar-refractivity contribution in [2.24, 2.45) is 5.92 Å². The maximum absolute atomic E-state index is 12.9. The molecule has 126 valence electrons. The van der Waals surface area contributed by atoms with Crippen LogP contribution in [0.3, 0.4) is 0 Å². The van der Waals surface area contributed by atoms with Gasteiger partial charge in [-0.2, -0.15) is 5.26 Å². The number of rotatable bonds is 5. The van der Waals surface area contributed by atoms with Gasteiger partial charge in [-0.15, -0.1) is 0 Å². The second kappa shape index (κ2) is 7.41.